The molecule has 0 bridgehead atoms. The summed E-state index contributed by atoms with van der Waals surface area (Å²) in [5.41, 5.74) is -0.830. The topological polar surface area (TPSA) is 48.1 Å². The Balaban J connectivity index is 2.93. The Hall–Kier alpha value is -1.30. The van der Waals surface area contributed by atoms with Crippen LogP contribution < -0.4 is 10.7 Å². The Morgan fingerprint density at radius 2 is 2.00 bits per heavy atom. The fourth-order valence-electron chi connectivity index (χ4n) is 0.618. The fraction of sp³-hybridized carbons (Fsp3) is 0.167. The molecule has 1 aromatic heterocycles. The van der Waals surface area contributed by atoms with Gasteiger partial charge in [-0.25, -0.2) is 4.98 Å². The average Bonchev–Trinajstić information content (AvgIpc) is 2.03. The molecule has 1 aromatic rings. The summed E-state index contributed by atoms with van der Waals surface area (Å²) >= 11 is 0. The third-order valence-corrected chi connectivity index (χ3v) is 1.18. The molecule has 66 valence electrons. The quantitative estimate of drug-likeness (QED) is 0.660. The average molecular weight is 178 g/mol. The number of hydrogen-bond acceptors (Lipinski definition) is 3. The van der Waals surface area contributed by atoms with Crippen LogP contribution in [-0.4, -0.2) is 4.98 Å². The standard InChI is InChI=1S/C6H5F3N2O/c7-6(8,9)4-1-2-5(12-10)11-3-4/h1-3H,10H2. The maximum absolute atomic E-state index is 11.9. The van der Waals surface area contributed by atoms with Crippen LogP contribution in [0.15, 0.2) is 18.3 Å². The van der Waals surface area contributed by atoms with E-state index in [4.69, 9.17) is 0 Å². The molecule has 0 aliphatic heterocycles. The van der Waals surface area contributed by atoms with Crippen LogP contribution in [0.25, 0.3) is 0 Å². The summed E-state index contributed by atoms with van der Waals surface area (Å²) in [4.78, 5) is 7.40. The van der Waals surface area contributed by atoms with Gasteiger partial charge in [-0.2, -0.15) is 19.1 Å². The summed E-state index contributed by atoms with van der Waals surface area (Å²) in [6, 6.07) is 1.89. The van der Waals surface area contributed by atoms with Crippen LogP contribution in [0, 0.1) is 0 Å². The number of nitrogens with zero attached hydrogens (tertiary/aromatic N) is 1. The van der Waals surface area contributed by atoms with Gasteiger partial charge in [0, 0.05) is 12.3 Å². The molecule has 0 saturated heterocycles. The van der Waals surface area contributed by atoms with E-state index in [0.29, 0.717) is 6.20 Å². The first-order valence-electron chi connectivity index (χ1n) is 2.94. The van der Waals surface area contributed by atoms with Gasteiger partial charge in [0.15, 0.2) is 0 Å². The molecular formula is C6H5F3N2O. The predicted octanol–water partition coefficient (Wildman–Crippen LogP) is 1.35. The van der Waals surface area contributed by atoms with Gasteiger partial charge in [-0.15, -0.1) is 0 Å². The van der Waals surface area contributed by atoms with Gasteiger partial charge in [0.2, 0.25) is 5.88 Å². The lowest BCUT2D eigenvalue weighted by molar-refractivity contribution is -0.137. The molecular weight excluding hydrogens is 173 g/mol. The highest BCUT2D eigenvalue weighted by molar-refractivity contribution is 5.19. The number of aromatic nitrogens is 1. The first kappa shape index (κ1) is 8.79. The zero-order valence-electron chi connectivity index (χ0n) is 5.80. The molecule has 0 aliphatic carbocycles. The summed E-state index contributed by atoms with van der Waals surface area (Å²) in [5, 5.41) is 0. The molecule has 0 atom stereocenters. The van der Waals surface area contributed by atoms with E-state index in [-0.39, 0.29) is 5.88 Å². The number of alkyl halides is 3. The zero-order chi connectivity index (χ0) is 9.19. The minimum Gasteiger partial charge on any atom is -0.391 e. The van der Waals surface area contributed by atoms with Crippen molar-refractivity contribution in [2.45, 2.75) is 6.18 Å². The molecule has 1 rings (SSSR count). The van der Waals surface area contributed by atoms with Crippen LogP contribution in [0.5, 0.6) is 5.88 Å². The summed E-state index contributed by atoms with van der Waals surface area (Å²) < 4.78 is 35.7. The minimum atomic E-state index is -4.37. The van der Waals surface area contributed by atoms with E-state index in [1.807, 2.05) is 0 Å². The van der Waals surface area contributed by atoms with E-state index in [1.165, 1.54) is 0 Å². The molecule has 0 saturated carbocycles. The van der Waals surface area contributed by atoms with Crippen molar-refractivity contribution in [2.24, 2.45) is 5.90 Å². The summed E-state index contributed by atoms with van der Waals surface area (Å²) in [6.45, 7) is 0. The summed E-state index contributed by atoms with van der Waals surface area (Å²) in [6.07, 6.45) is -3.72. The van der Waals surface area contributed by atoms with Crippen molar-refractivity contribution in [2.75, 3.05) is 0 Å². The monoisotopic (exact) mass is 178 g/mol. The second-order valence-corrected chi connectivity index (χ2v) is 2.00. The fourth-order valence-corrected chi connectivity index (χ4v) is 0.618. The van der Waals surface area contributed by atoms with E-state index < -0.39 is 11.7 Å². The molecule has 0 amide bonds. The van der Waals surface area contributed by atoms with E-state index in [0.717, 1.165) is 12.1 Å². The van der Waals surface area contributed by atoms with Gasteiger partial charge in [-0.1, -0.05) is 0 Å². The number of pyridine rings is 1. The Morgan fingerprint density at radius 1 is 1.33 bits per heavy atom. The van der Waals surface area contributed by atoms with Crippen molar-refractivity contribution >= 4 is 0 Å². The first-order chi connectivity index (χ1) is 5.54. The van der Waals surface area contributed by atoms with E-state index >= 15 is 0 Å². The number of rotatable bonds is 1. The SMILES string of the molecule is NOc1ccc(C(F)(F)F)cn1. The van der Waals surface area contributed by atoms with Crippen LogP contribution >= 0.6 is 0 Å². The zero-order valence-corrected chi connectivity index (χ0v) is 5.80. The van der Waals surface area contributed by atoms with Crippen molar-refractivity contribution in [3.8, 4) is 5.88 Å². The van der Waals surface area contributed by atoms with Crippen LogP contribution in [0.4, 0.5) is 13.2 Å². The molecule has 0 radical (unpaired) electrons. The Bertz CT molecular complexity index is 256. The maximum atomic E-state index is 11.9. The van der Waals surface area contributed by atoms with Crippen LogP contribution in [0.3, 0.4) is 0 Å². The van der Waals surface area contributed by atoms with Crippen molar-refractivity contribution in [1.29, 1.82) is 0 Å². The Labute approximate surface area is 65.9 Å². The normalized spacial score (nSPS) is 11.3. The van der Waals surface area contributed by atoms with Gasteiger partial charge in [-0.3, -0.25) is 0 Å². The second-order valence-electron chi connectivity index (χ2n) is 2.00. The Morgan fingerprint density at radius 3 is 2.33 bits per heavy atom. The second kappa shape index (κ2) is 2.98. The molecule has 2 N–H and O–H groups in total. The van der Waals surface area contributed by atoms with Gasteiger partial charge in [-0.05, 0) is 6.07 Å². The number of hydrogen-bond donors (Lipinski definition) is 1. The number of nitrogens with two attached hydrogens (primary N) is 1. The molecule has 3 nitrogen and oxygen atoms in total. The van der Waals surface area contributed by atoms with Crippen molar-refractivity contribution in [1.82, 2.24) is 4.98 Å². The molecule has 0 spiro atoms. The van der Waals surface area contributed by atoms with Gasteiger partial charge >= 0.3 is 6.18 Å². The molecule has 6 heteroatoms. The van der Waals surface area contributed by atoms with Gasteiger partial charge in [0.25, 0.3) is 0 Å². The van der Waals surface area contributed by atoms with Gasteiger partial charge in [0.1, 0.15) is 0 Å². The lowest BCUT2D eigenvalue weighted by Gasteiger charge is -2.05. The Kier molecular flexibility index (Phi) is 2.18. The third kappa shape index (κ3) is 1.85. The van der Waals surface area contributed by atoms with Crippen LogP contribution in [0.2, 0.25) is 0 Å². The number of halogens is 3. The minimum absolute atomic E-state index is 0.0528. The van der Waals surface area contributed by atoms with Gasteiger partial charge in [0.05, 0.1) is 5.56 Å². The molecule has 12 heavy (non-hydrogen) atoms. The molecule has 0 fully saturated rings. The highest BCUT2D eigenvalue weighted by Crippen LogP contribution is 2.28. The van der Waals surface area contributed by atoms with Crippen molar-refractivity contribution in [3.05, 3.63) is 23.9 Å². The van der Waals surface area contributed by atoms with Crippen LogP contribution in [-0.2, 0) is 6.18 Å². The van der Waals surface area contributed by atoms with Gasteiger partial charge < -0.3 is 4.84 Å². The summed E-state index contributed by atoms with van der Waals surface area (Å²) in [7, 11) is 0. The van der Waals surface area contributed by atoms with E-state index in [1.54, 1.807) is 0 Å². The smallest absolute Gasteiger partial charge is 0.391 e. The predicted molar refractivity (Wildman–Crippen MR) is 34.1 cm³/mol. The molecule has 0 aliphatic rings. The lowest BCUT2D eigenvalue weighted by Crippen LogP contribution is -2.07. The molecule has 1 heterocycles. The maximum Gasteiger partial charge on any atom is 0.417 e. The first-order valence-corrected chi connectivity index (χ1v) is 2.94. The van der Waals surface area contributed by atoms with Crippen molar-refractivity contribution < 1.29 is 18.0 Å². The largest absolute Gasteiger partial charge is 0.417 e. The van der Waals surface area contributed by atoms with E-state index in [9.17, 15) is 13.2 Å². The highest BCUT2D eigenvalue weighted by Gasteiger charge is 2.30. The lowest BCUT2D eigenvalue weighted by atomic mass is 10.3. The van der Waals surface area contributed by atoms with E-state index in [2.05, 4.69) is 15.7 Å². The molecule has 0 aromatic carbocycles. The third-order valence-electron chi connectivity index (χ3n) is 1.18. The van der Waals surface area contributed by atoms with Crippen molar-refractivity contribution in [3.63, 3.8) is 0 Å². The van der Waals surface area contributed by atoms with Crippen LogP contribution in [0.1, 0.15) is 5.56 Å². The molecule has 0 unspecified atom stereocenters. The summed E-state index contributed by atoms with van der Waals surface area (Å²) in [5.74, 6) is 4.61. The highest BCUT2D eigenvalue weighted by atomic mass is 19.4.